The molecule has 5 nitrogen and oxygen atoms in total. The summed E-state index contributed by atoms with van der Waals surface area (Å²) >= 11 is 0. The smallest absolute Gasteiger partial charge is 0.240 e. The molecule has 1 aliphatic carbocycles. The molecule has 0 spiro atoms. The quantitative estimate of drug-likeness (QED) is 0.720. The van der Waals surface area contributed by atoms with Gasteiger partial charge in [-0.3, -0.25) is 9.59 Å². The minimum Gasteiger partial charge on any atom is -0.352 e. The lowest BCUT2D eigenvalue weighted by molar-refractivity contribution is -0.126. The number of carbonyl (C=O) groups excluding carboxylic acids is 2. The number of para-hydroxylation sites is 1. The largest absolute Gasteiger partial charge is 0.352 e. The van der Waals surface area contributed by atoms with Crippen LogP contribution < -0.4 is 10.6 Å². The highest BCUT2D eigenvalue weighted by atomic mass is 16.2. The van der Waals surface area contributed by atoms with Crippen LogP contribution in [0, 0.1) is 0 Å². The molecule has 3 aromatic rings. The van der Waals surface area contributed by atoms with Gasteiger partial charge in [0, 0.05) is 22.6 Å². The zero-order valence-electron chi connectivity index (χ0n) is 14.4. The van der Waals surface area contributed by atoms with E-state index in [0.29, 0.717) is 6.04 Å². The van der Waals surface area contributed by atoms with Gasteiger partial charge in [-0.1, -0.05) is 48.5 Å². The number of carbonyl (C=O) groups is 2. The van der Waals surface area contributed by atoms with Crippen molar-refractivity contribution in [1.29, 1.82) is 0 Å². The van der Waals surface area contributed by atoms with Crippen LogP contribution in [0.25, 0.3) is 22.2 Å². The molecule has 1 aromatic heterocycles. The highest BCUT2D eigenvalue weighted by Gasteiger charge is 2.23. The molecule has 2 N–H and O–H groups in total. The van der Waals surface area contributed by atoms with Gasteiger partial charge in [0.15, 0.2) is 0 Å². The van der Waals surface area contributed by atoms with Crippen LogP contribution in [0.5, 0.6) is 0 Å². The predicted octanol–water partition coefficient (Wildman–Crippen LogP) is 2.70. The Morgan fingerprint density at radius 1 is 0.962 bits per heavy atom. The van der Waals surface area contributed by atoms with Gasteiger partial charge in [-0.05, 0) is 30.5 Å². The Morgan fingerprint density at radius 3 is 2.46 bits per heavy atom. The fourth-order valence-electron chi connectivity index (χ4n) is 3.11. The Balaban J connectivity index is 1.54. The molecule has 1 aliphatic rings. The summed E-state index contributed by atoms with van der Waals surface area (Å²) in [5.74, 6) is -0.295. The van der Waals surface area contributed by atoms with Gasteiger partial charge in [0.05, 0.1) is 6.54 Å². The fraction of sp³-hybridized carbons (Fsp3) is 0.238. The summed E-state index contributed by atoms with van der Waals surface area (Å²) in [6.07, 6.45) is 2.07. The lowest BCUT2D eigenvalue weighted by atomic mass is 10.1. The van der Waals surface area contributed by atoms with Crippen LogP contribution >= 0.6 is 0 Å². The molecule has 2 amide bonds. The second-order valence-electron chi connectivity index (χ2n) is 6.66. The number of rotatable bonds is 6. The maximum atomic E-state index is 12.4. The first-order chi connectivity index (χ1) is 12.7. The minimum absolute atomic E-state index is 0.0230. The van der Waals surface area contributed by atoms with Crippen LogP contribution in [0.2, 0.25) is 0 Å². The topological polar surface area (TPSA) is 63.1 Å². The molecule has 5 heteroatoms. The summed E-state index contributed by atoms with van der Waals surface area (Å²) in [5.41, 5.74) is 3.05. The Labute approximate surface area is 152 Å². The highest BCUT2D eigenvalue weighted by Crippen LogP contribution is 2.28. The fourth-order valence-corrected chi connectivity index (χ4v) is 3.11. The van der Waals surface area contributed by atoms with Crippen molar-refractivity contribution in [3.05, 3.63) is 60.7 Å². The van der Waals surface area contributed by atoms with Crippen molar-refractivity contribution in [2.75, 3.05) is 6.54 Å². The molecule has 0 radical (unpaired) electrons. The second kappa shape index (κ2) is 7.04. The van der Waals surface area contributed by atoms with Crippen molar-refractivity contribution >= 4 is 22.7 Å². The van der Waals surface area contributed by atoms with Gasteiger partial charge in [0.25, 0.3) is 0 Å². The van der Waals surface area contributed by atoms with E-state index >= 15 is 0 Å². The lowest BCUT2D eigenvalue weighted by Gasteiger charge is -2.11. The van der Waals surface area contributed by atoms with E-state index < -0.39 is 0 Å². The summed E-state index contributed by atoms with van der Waals surface area (Å²) in [7, 11) is 0. The van der Waals surface area contributed by atoms with Crippen molar-refractivity contribution in [2.24, 2.45) is 0 Å². The van der Waals surface area contributed by atoms with E-state index in [1.54, 1.807) is 0 Å². The molecule has 4 rings (SSSR count). The normalized spacial score (nSPS) is 13.5. The SMILES string of the molecule is O=C(Cn1c(-c2ccccc2)cc2ccccc21)NCC(=O)NC1CC1. The number of hydrogen-bond donors (Lipinski definition) is 2. The maximum Gasteiger partial charge on any atom is 0.240 e. The van der Waals surface area contributed by atoms with Crippen molar-refractivity contribution < 1.29 is 9.59 Å². The zero-order chi connectivity index (χ0) is 17.9. The first kappa shape index (κ1) is 16.4. The summed E-state index contributed by atoms with van der Waals surface area (Å²) < 4.78 is 2.00. The molecule has 2 aromatic carbocycles. The van der Waals surface area contributed by atoms with Crippen molar-refractivity contribution in [3.63, 3.8) is 0 Å². The van der Waals surface area contributed by atoms with Crippen molar-refractivity contribution in [2.45, 2.75) is 25.4 Å². The monoisotopic (exact) mass is 347 g/mol. The van der Waals surface area contributed by atoms with Crippen LogP contribution in [0.4, 0.5) is 0 Å². The third-order valence-electron chi connectivity index (χ3n) is 4.57. The Bertz CT molecular complexity index is 942. The van der Waals surface area contributed by atoms with E-state index in [0.717, 1.165) is 35.0 Å². The van der Waals surface area contributed by atoms with Gasteiger partial charge in [-0.15, -0.1) is 0 Å². The lowest BCUT2D eigenvalue weighted by Crippen LogP contribution is -2.39. The minimum atomic E-state index is -0.172. The van der Waals surface area contributed by atoms with Gasteiger partial charge in [0.1, 0.15) is 6.54 Å². The molecular weight excluding hydrogens is 326 g/mol. The van der Waals surface area contributed by atoms with Crippen molar-refractivity contribution in [1.82, 2.24) is 15.2 Å². The summed E-state index contributed by atoms with van der Waals surface area (Å²) in [6, 6.07) is 20.4. The van der Waals surface area contributed by atoms with E-state index in [1.165, 1.54) is 0 Å². The van der Waals surface area contributed by atoms with Crippen LogP contribution in [0.15, 0.2) is 60.7 Å². The zero-order valence-corrected chi connectivity index (χ0v) is 14.4. The predicted molar refractivity (Wildman–Crippen MR) is 102 cm³/mol. The Hall–Kier alpha value is -3.08. The third kappa shape index (κ3) is 3.61. The summed E-state index contributed by atoms with van der Waals surface area (Å²) in [4.78, 5) is 24.2. The van der Waals surface area contributed by atoms with E-state index in [4.69, 9.17) is 0 Å². The Morgan fingerprint density at radius 2 is 1.69 bits per heavy atom. The van der Waals surface area contributed by atoms with Crippen molar-refractivity contribution in [3.8, 4) is 11.3 Å². The number of aromatic nitrogens is 1. The first-order valence-corrected chi connectivity index (χ1v) is 8.90. The molecule has 1 heterocycles. The Kier molecular flexibility index (Phi) is 4.44. The molecule has 0 bridgehead atoms. The number of benzene rings is 2. The number of hydrogen-bond acceptors (Lipinski definition) is 2. The van der Waals surface area contributed by atoms with Crippen LogP contribution in [-0.2, 0) is 16.1 Å². The van der Waals surface area contributed by atoms with E-state index in [-0.39, 0.29) is 24.9 Å². The maximum absolute atomic E-state index is 12.4. The van der Waals surface area contributed by atoms with E-state index in [9.17, 15) is 9.59 Å². The van der Waals surface area contributed by atoms with Gasteiger partial charge >= 0.3 is 0 Å². The molecule has 1 fully saturated rings. The molecule has 132 valence electrons. The average Bonchev–Trinajstić information content (AvgIpc) is 3.41. The van der Waals surface area contributed by atoms with Crippen LogP contribution in [0.3, 0.4) is 0 Å². The first-order valence-electron chi connectivity index (χ1n) is 8.90. The van der Waals surface area contributed by atoms with Crippen LogP contribution in [-0.4, -0.2) is 29.0 Å². The molecular formula is C21H21N3O2. The number of nitrogens with one attached hydrogen (secondary N) is 2. The average molecular weight is 347 g/mol. The second-order valence-corrected chi connectivity index (χ2v) is 6.66. The molecule has 0 saturated heterocycles. The summed E-state index contributed by atoms with van der Waals surface area (Å²) in [5, 5.41) is 6.69. The molecule has 0 atom stereocenters. The number of fused-ring (bicyclic) bond motifs is 1. The summed E-state index contributed by atoms with van der Waals surface area (Å²) in [6.45, 7) is 0.198. The molecule has 26 heavy (non-hydrogen) atoms. The standard InChI is InChI=1S/C21H21N3O2/c25-20(23-17-10-11-17)13-22-21(26)14-24-18-9-5-4-8-16(18)12-19(24)15-6-2-1-3-7-15/h1-9,12,17H,10-11,13-14H2,(H,22,26)(H,23,25). The highest BCUT2D eigenvalue weighted by molar-refractivity contribution is 5.90. The molecule has 0 unspecified atom stereocenters. The van der Waals surface area contributed by atoms with Gasteiger partial charge in [-0.25, -0.2) is 0 Å². The van der Waals surface area contributed by atoms with Gasteiger partial charge < -0.3 is 15.2 Å². The van der Waals surface area contributed by atoms with Gasteiger partial charge in [0.2, 0.25) is 11.8 Å². The molecule has 1 saturated carbocycles. The van der Waals surface area contributed by atoms with Crippen LogP contribution in [0.1, 0.15) is 12.8 Å². The third-order valence-corrected chi connectivity index (χ3v) is 4.57. The van der Waals surface area contributed by atoms with E-state index in [1.807, 2.05) is 59.2 Å². The van der Waals surface area contributed by atoms with Gasteiger partial charge in [-0.2, -0.15) is 0 Å². The van der Waals surface area contributed by atoms with E-state index in [2.05, 4.69) is 16.7 Å². The number of nitrogens with zero attached hydrogens (tertiary/aromatic N) is 1. The molecule has 0 aliphatic heterocycles. The number of amides is 2.